The maximum absolute atomic E-state index is 14.0. The molecule has 0 atom stereocenters. The SMILES string of the molecule is CC1(C)OB(c2cccc(F)c2CCC#N)OC1(C)C. The molecule has 0 aromatic heterocycles. The number of rotatable bonds is 3. The fourth-order valence-corrected chi connectivity index (χ4v) is 2.21. The molecule has 0 saturated carbocycles. The van der Waals surface area contributed by atoms with Crippen LogP contribution < -0.4 is 5.46 Å². The molecule has 1 saturated heterocycles. The number of halogens is 1. The maximum atomic E-state index is 14.0. The van der Waals surface area contributed by atoms with Crippen molar-refractivity contribution in [2.45, 2.75) is 51.7 Å². The van der Waals surface area contributed by atoms with E-state index >= 15 is 0 Å². The molecule has 1 heterocycles. The van der Waals surface area contributed by atoms with Gasteiger partial charge in [0.15, 0.2) is 0 Å². The molecule has 0 amide bonds. The lowest BCUT2D eigenvalue weighted by atomic mass is 9.75. The Morgan fingerprint density at radius 2 is 1.80 bits per heavy atom. The molecule has 1 aliphatic rings. The quantitative estimate of drug-likeness (QED) is 0.796. The van der Waals surface area contributed by atoms with Gasteiger partial charge in [0.25, 0.3) is 0 Å². The molecule has 106 valence electrons. The molecule has 0 bridgehead atoms. The highest BCUT2D eigenvalue weighted by molar-refractivity contribution is 6.62. The lowest BCUT2D eigenvalue weighted by Gasteiger charge is -2.32. The first-order chi connectivity index (χ1) is 9.28. The van der Waals surface area contributed by atoms with Crippen LogP contribution in [0.1, 0.15) is 39.7 Å². The minimum absolute atomic E-state index is 0.271. The number of benzene rings is 1. The summed E-state index contributed by atoms with van der Waals surface area (Å²) in [6, 6.07) is 6.90. The van der Waals surface area contributed by atoms with Gasteiger partial charge < -0.3 is 9.31 Å². The van der Waals surface area contributed by atoms with Gasteiger partial charge in [-0.15, -0.1) is 0 Å². The third-order valence-corrected chi connectivity index (χ3v) is 4.15. The molecular formula is C15H19BFNO2. The third kappa shape index (κ3) is 2.58. The second-order valence-electron chi connectivity index (χ2n) is 6.05. The molecule has 0 aliphatic carbocycles. The van der Waals surface area contributed by atoms with Crippen LogP contribution in [0.25, 0.3) is 0 Å². The van der Waals surface area contributed by atoms with Crippen molar-refractivity contribution in [3.05, 3.63) is 29.6 Å². The van der Waals surface area contributed by atoms with Gasteiger partial charge in [-0.2, -0.15) is 5.26 Å². The van der Waals surface area contributed by atoms with E-state index in [-0.39, 0.29) is 12.2 Å². The Labute approximate surface area is 119 Å². The molecule has 0 N–H and O–H groups in total. The molecular weight excluding hydrogens is 256 g/mol. The molecule has 0 spiro atoms. The van der Waals surface area contributed by atoms with Crippen LogP contribution in [0.4, 0.5) is 4.39 Å². The van der Waals surface area contributed by atoms with Crippen LogP contribution in [0.15, 0.2) is 18.2 Å². The van der Waals surface area contributed by atoms with Crippen molar-refractivity contribution in [1.29, 1.82) is 5.26 Å². The summed E-state index contributed by atoms with van der Waals surface area (Å²) in [6.07, 6.45) is 0.635. The first-order valence-corrected chi connectivity index (χ1v) is 6.78. The summed E-state index contributed by atoms with van der Waals surface area (Å²) < 4.78 is 25.9. The highest BCUT2D eigenvalue weighted by Crippen LogP contribution is 2.36. The topological polar surface area (TPSA) is 42.2 Å². The van der Waals surface area contributed by atoms with E-state index in [0.29, 0.717) is 17.4 Å². The Morgan fingerprint density at radius 3 is 2.35 bits per heavy atom. The first kappa shape index (κ1) is 15.0. The summed E-state index contributed by atoms with van der Waals surface area (Å²) in [6.45, 7) is 7.84. The third-order valence-electron chi connectivity index (χ3n) is 4.15. The minimum Gasteiger partial charge on any atom is -0.399 e. The van der Waals surface area contributed by atoms with Gasteiger partial charge >= 0.3 is 7.12 Å². The summed E-state index contributed by atoms with van der Waals surface area (Å²) in [7, 11) is -0.593. The average molecular weight is 275 g/mol. The van der Waals surface area contributed by atoms with E-state index in [2.05, 4.69) is 0 Å². The number of hydrogen-bond acceptors (Lipinski definition) is 3. The van der Waals surface area contributed by atoms with Crippen molar-refractivity contribution >= 4 is 12.6 Å². The van der Waals surface area contributed by atoms with Crippen LogP contribution >= 0.6 is 0 Å². The fourth-order valence-electron chi connectivity index (χ4n) is 2.21. The summed E-state index contributed by atoms with van der Waals surface area (Å²) in [5, 5.41) is 8.71. The predicted octanol–water partition coefficient (Wildman–Crippen LogP) is 2.58. The van der Waals surface area contributed by atoms with Gasteiger partial charge in [-0.3, -0.25) is 0 Å². The second-order valence-corrected chi connectivity index (χ2v) is 6.05. The van der Waals surface area contributed by atoms with E-state index in [0.717, 1.165) is 0 Å². The number of hydrogen-bond donors (Lipinski definition) is 0. The Kier molecular flexibility index (Phi) is 3.90. The van der Waals surface area contributed by atoms with Crippen LogP contribution in [-0.2, 0) is 15.7 Å². The Bertz CT molecular complexity index is 535. The van der Waals surface area contributed by atoms with E-state index in [4.69, 9.17) is 14.6 Å². The highest BCUT2D eigenvalue weighted by atomic mass is 19.1. The van der Waals surface area contributed by atoms with Crippen molar-refractivity contribution in [2.75, 3.05) is 0 Å². The Balaban J connectivity index is 2.35. The van der Waals surface area contributed by atoms with E-state index in [1.807, 2.05) is 33.8 Å². The summed E-state index contributed by atoms with van der Waals surface area (Å²) in [5.74, 6) is -0.313. The zero-order valence-corrected chi connectivity index (χ0v) is 12.4. The standard InChI is InChI=1S/C15H19BFNO2/c1-14(2)15(3,4)20-16(19-14)12-8-5-9-13(17)11(12)7-6-10-18/h5,8-9H,6-7H2,1-4H3. The van der Waals surface area contributed by atoms with E-state index in [1.54, 1.807) is 12.1 Å². The normalized spacial score (nSPS) is 19.9. The Hall–Kier alpha value is -1.38. The average Bonchev–Trinajstić information content (AvgIpc) is 2.56. The molecule has 0 unspecified atom stereocenters. The van der Waals surface area contributed by atoms with Crippen LogP contribution in [0.2, 0.25) is 0 Å². The molecule has 20 heavy (non-hydrogen) atoms. The molecule has 2 rings (SSSR count). The Morgan fingerprint density at radius 1 is 1.20 bits per heavy atom. The molecule has 1 aromatic rings. The second kappa shape index (κ2) is 5.19. The zero-order valence-electron chi connectivity index (χ0n) is 12.4. The van der Waals surface area contributed by atoms with Crippen molar-refractivity contribution in [3.63, 3.8) is 0 Å². The maximum Gasteiger partial charge on any atom is 0.495 e. The van der Waals surface area contributed by atoms with Gasteiger partial charge in [0.05, 0.1) is 17.3 Å². The van der Waals surface area contributed by atoms with E-state index in [9.17, 15) is 4.39 Å². The number of nitrogens with zero attached hydrogens (tertiary/aromatic N) is 1. The van der Waals surface area contributed by atoms with Crippen molar-refractivity contribution in [2.24, 2.45) is 0 Å². The highest BCUT2D eigenvalue weighted by Gasteiger charge is 2.52. The van der Waals surface area contributed by atoms with Gasteiger partial charge in [0.1, 0.15) is 5.82 Å². The fraction of sp³-hybridized carbons (Fsp3) is 0.533. The van der Waals surface area contributed by atoms with Crippen LogP contribution in [0.5, 0.6) is 0 Å². The lowest BCUT2D eigenvalue weighted by Crippen LogP contribution is -2.41. The molecule has 1 aromatic carbocycles. The van der Waals surface area contributed by atoms with Gasteiger partial charge in [-0.05, 0) is 51.2 Å². The van der Waals surface area contributed by atoms with Crippen molar-refractivity contribution in [1.82, 2.24) is 0 Å². The van der Waals surface area contributed by atoms with Crippen molar-refractivity contribution in [3.8, 4) is 6.07 Å². The predicted molar refractivity (Wildman–Crippen MR) is 76.1 cm³/mol. The van der Waals surface area contributed by atoms with Crippen molar-refractivity contribution < 1.29 is 13.7 Å². The molecule has 1 fully saturated rings. The monoisotopic (exact) mass is 275 g/mol. The van der Waals surface area contributed by atoms with Gasteiger partial charge in [0, 0.05) is 6.42 Å². The molecule has 0 radical (unpaired) electrons. The summed E-state index contributed by atoms with van der Waals surface area (Å²) in [5.41, 5.74) is 0.263. The lowest BCUT2D eigenvalue weighted by molar-refractivity contribution is 0.00578. The zero-order chi connectivity index (χ0) is 15.0. The van der Waals surface area contributed by atoms with E-state index in [1.165, 1.54) is 6.07 Å². The number of nitriles is 1. The van der Waals surface area contributed by atoms with Crippen LogP contribution in [0, 0.1) is 17.1 Å². The van der Waals surface area contributed by atoms with E-state index < -0.39 is 18.3 Å². The summed E-state index contributed by atoms with van der Waals surface area (Å²) >= 11 is 0. The molecule has 5 heteroatoms. The summed E-state index contributed by atoms with van der Waals surface area (Å²) in [4.78, 5) is 0. The molecule has 3 nitrogen and oxygen atoms in total. The van der Waals surface area contributed by atoms with Gasteiger partial charge in [-0.25, -0.2) is 4.39 Å². The van der Waals surface area contributed by atoms with Gasteiger partial charge in [-0.1, -0.05) is 12.1 Å². The van der Waals surface area contributed by atoms with Crippen LogP contribution in [0.3, 0.4) is 0 Å². The van der Waals surface area contributed by atoms with Gasteiger partial charge in [0.2, 0.25) is 0 Å². The van der Waals surface area contributed by atoms with Crippen LogP contribution in [-0.4, -0.2) is 18.3 Å². The molecule has 1 aliphatic heterocycles. The smallest absolute Gasteiger partial charge is 0.399 e. The first-order valence-electron chi connectivity index (χ1n) is 6.78. The minimum atomic E-state index is -0.593. The largest absolute Gasteiger partial charge is 0.495 e.